The summed E-state index contributed by atoms with van der Waals surface area (Å²) in [5.41, 5.74) is 7.97. The smallest absolute Gasteiger partial charge is 0.148 e. The Bertz CT molecular complexity index is 599. The van der Waals surface area contributed by atoms with Gasteiger partial charge in [0.05, 0.1) is 28.5 Å². The Hall–Kier alpha value is -1.18. The molecule has 0 spiro atoms. The first-order valence-electron chi connectivity index (χ1n) is 6.62. The summed E-state index contributed by atoms with van der Waals surface area (Å²) in [5.74, 6) is 0.571. The first-order chi connectivity index (χ1) is 9.54. The van der Waals surface area contributed by atoms with Crippen molar-refractivity contribution in [1.29, 1.82) is 0 Å². The number of anilines is 2. The van der Waals surface area contributed by atoms with Gasteiger partial charge in [0.1, 0.15) is 10.8 Å². The van der Waals surface area contributed by atoms with Crippen molar-refractivity contribution in [3.8, 4) is 11.3 Å². The van der Waals surface area contributed by atoms with Crippen molar-refractivity contribution in [2.24, 2.45) is 0 Å². The SMILES string of the molecule is Cc1nc(-c2c(N)nsc2N2CC(C)OC(C)C2)cs1. The molecule has 1 saturated heterocycles. The third-order valence-electron chi connectivity index (χ3n) is 3.28. The number of thiazole rings is 1. The van der Waals surface area contributed by atoms with Crippen LogP contribution in [0.3, 0.4) is 0 Å². The average Bonchev–Trinajstić information content (AvgIpc) is 2.94. The zero-order valence-electron chi connectivity index (χ0n) is 11.8. The highest BCUT2D eigenvalue weighted by atomic mass is 32.1. The topological polar surface area (TPSA) is 64.3 Å². The molecule has 3 heterocycles. The van der Waals surface area contributed by atoms with Crippen LogP contribution in [0.15, 0.2) is 5.38 Å². The largest absolute Gasteiger partial charge is 0.382 e. The third-order valence-corrected chi connectivity index (χ3v) is 4.98. The Labute approximate surface area is 126 Å². The van der Waals surface area contributed by atoms with E-state index in [1.54, 1.807) is 11.3 Å². The maximum atomic E-state index is 6.06. The molecule has 5 nitrogen and oxygen atoms in total. The van der Waals surface area contributed by atoms with Crippen LogP contribution in [0.2, 0.25) is 0 Å². The number of aryl methyl sites for hydroxylation is 1. The van der Waals surface area contributed by atoms with Gasteiger partial charge >= 0.3 is 0 Å². The Morgan fingerprint density at radius 2 is 2.05 bits per heavy atom. The molecule has 2 aromatic heterocycles. The van der Waals surface area contributed by atoms with Crippen molar-refractivity contribution in [2.45, 2.75) is 33.0 Å². The van der Waals surface area contributed by atoms with Crippen LogP contribution in [-0.4, -0.2) is 34.7 Å². The molecule has 1 aliphatic rings. The minimum absolute atomic E-state index is 0.215. The van der Waals surface area contributed by atoms with Crippen molar-refractivity contribution in [1.82, 2.24) is 9.36 Å². The predicted molar refractivity (Wildman–Crippen MR) is 84.6 cm³/mol. The van der Waals surface area contributed by atoms with Gasteiger partial charge in [0, 0.05) is 18.5 Å². The molecule has 0 amide bonds. The van der Waals surface area contributed by atoms with E-state index in [4.69, 9.17) is 10.5 Å². The molecule has 1 fully saturated rings. The quantitative estimate of drug-likeness (QED) is 0.924. The molecule has 2 unspecified atom stereocenters. The standard InChI is InChI=1S/C13H18N4OS2/c1-7-4-17(5-8(2)18-7)13-11(12(14)16-20-13)10-6-19-9(3)15-10/h6-8H,4-5H2,1-3H3,(H2,14,16). The summed E-state index contributed by atoms with van der Waals surface area (Å²) < 4.78 is 10.1. The number of ether oxygens (including phenoxy) is 1. The lowest BCUT2D eigenvalue weighted by molar-refractivity contribution is -0.00497. The zero-order valence-corrected chi connectivity index (χ0v) is 13.4. The van der Waals surface area contributed by atoms with Gasteiger partial charge in [-0.1, -0.05) is 0 Å². The van der Waals surface area contributed by atoms with E-state index in [1.165, 1.54) is 11.5 Å². The molecule has 7 heteroatoms. The number of nitrogens with zero attached hydrogens (tertiary/aromatic N) is 3. The third kappa shape index (κ3) is 2.53. The van der Waals surface area contributed by atoms with Gasteiger partial charge in [0.25, 0.3) is 0 Å². The Kier molecular flexibility index (Phi) is 3.66. The van der Waals surface area contributed by atoms with Crippen LogP contribution in [0.5, 0.6) is 0 Å². The second-order valence-electron chi connectivity index (χ2n) is 5.16. The number of nitrogen functional groups attached to an aromatic ring is 1. The van der Waals surface area contributed by atoms with E-state index in [1.807, 2.05) is 12.3 Å². The fraction of sp³-hybridized carbons (Fsp3) is 0.538. The Balaban J connectivity index is 1.98. The summed E-state index contributed by atoms with van der Waals surface area (Å²) in [6, 6.07) is 0. The van der Waals surface area contributed by atoms with Crippen LogP contribution in [0.25, 0.3) is 11.3 Å². The number of aromatic nitrogens is 2. The second-order valence-corrected chi connectivity index (χ2v) is 6.98. The van der Waals surface area contributed by atoms with Gasteiger partial charge in [-0.25, -0.2) is 4.98 Å². The van der Waals surface area contributed by atoms with E-state index < -0.39 is 0 Å². The molecule has 0 radical (unpaired) electrons. The molecule has 2 aromatic rings. The predicted octanol–water partition coefficient (Wildman–Crippen LogP) is 2.77. The van der Waals surface area contributed by atoms with Crippen molar-refractivity contribution in [2.75, 3.05) is 23.7 Å². The minimum Gasteiger partial charge on any atom is -0.382 e. The van der Waals surface area contributed by atoms with Gasteiger partial charge in [-0.3, -0.25) is 0 Å². The van der Waals surface area contributed by atoms with Gasteiger partial charge < -0.3 is 15.4 Å². The van der Waals surface area contributed by atoms with E-state index in [0.29, 0.717) is 5.82 Å². The minimum atomic E-state index is 0.215. The highest BCUT2D eigenvalue weighted by Gasteiger charge is 2.27. The van der Waals surface area contributed by atoms with E-state index >= 15 is 0 Å². The van der Waals surface area contributed by atoms with Crippen LogP contribution in [0.1, 0.15) is 18.9 Å². The molecule has 108 valence electrons. The lowest BCUT2D eigenvalue weighted by Gasteiger charge is -2.36. The Morgan fingerprint density at radius 1 is 1.35 bits per heavy atom. The molecule has 2 atom stereocenters. The van der Waals surface area contributed by atoms with Gasteiger partial charge in [0.15, 0.2) is 0 Å². The molecular weight excluding hydrogens is 292 g/mol. The number of hydrogen-bond acceptors (Lipinski definition) is 7. The van der Waals surface area contributed by atoms with Crippen molar-refractivity contribution in [3.05, 3.63) is 10.4 Å². The Morgan fingerprint density at radius 3 is 2.65 bits per heavy atom. The van der Waals surface area contributed by atoms with E-state index in [0.717, 1.165) is 34.4 Å². The van der Waals surface area contributed by atoms with E-state index in [2.05, 4.69) is 28.1 Å². The molecule has 0 aromatic carbocycles. The van der Waals surface area contributed by atoms with Gasteiger partial charge in [-0.05, 0) is 32.3 Å². The zero-order chi connectivity index (χ0) is 14.3. The summed E-state index contributed by atoms with van der Waals surface area (Å²) in [6.07, 6.45) is 0.430. The number of nitrogens with two attached hydrogens (primary N) is 1. The van der Waals surface area contributed by atoms with Crippen LogP contribution in [-0.2, 0) is 4.74 Å². The monoisotopic (exact) mass is 310 g/mol. The van der Waals surface area contributed by atoms with E-state index in [-0.39, 0.29) is 12.2 Å². The number of hydrogen-bond donors (Lipinski definition) is 1. The normalized spacial score (nSPS) is 23.2. The van der Waals surface area contributed by atoms with Gasteiger partial charge in [-0.15, -0.1) is 11.3 Å². The van der Waals surface area contributed by atoms with Crippen LogP contribution < -0.4 is 10.6 Å². The number of morpholine rings is 1. The second kappa shape index (κ2) is 5.31. The average molecular weight is 310 g/mol. The molecule has 0 aliphatic carbocycles. The van der Waals surface area contributed by atoms with E-state index in [9.17, 15) is 0 Å². The highest BCUT2D eigenvalue weighted by molar-refractivity contribution is 7.11. The van der Waals surface area contributed by atoms with Crippen LogP contribution >= 0.6 is 22.9 Å². The molecule has 0 saturated carbocycles. The van der Waals surface area contributed by atoms with Crippen LogP contribution in [0, 0.1) is 6.92 Å². The lowest BCUT2D eigenvalue weighted by Crippen LogP contribution is -2.45. The van der Waals surface area contributed by atoms with Gasteiger partial charge in [0.2, 0.25) is 0 Å². The fourth-order valence-electron chi connectivity index (χ4n) is 2.57. The number of rotatable bonds is 2. The first kappa shape index (κ1) is 13.8. The van der Waals surface area contributed by atoms with Crippen molar-refractivity contribution in [3.63, 3.8) is 0 Å². The summed E-state index contributed by atoms with van der Waals surface area (Å²) in [6.45, 7) is 7.92. The van der Waals surface area contributed by atoms with Crippen molar-refractivity contribution >= 4 is 33.7 Å². The molecule has 0 bridgehead atoms. The maximum Gasteiger partial charge on any atom is 0.148 e. The molecule has 20 heavy (non-hydrogen) atoms. The molecule has 2 N–H and O–H groups in total. The summed E-state index contributed by atoms with van der Waals surface area (Å²) in [7, 11) is 0. The van der Waals surface area contributed by atoms with Gasteiger partial charge in [-0.2, -0.15) is 4.37 Å². The summed E-state index contributed by atoms with van der Waals surface area (Å²) >= 11 is 3.09. The first-order valence-corrected chi connectivity index (χ1v) is 8.28. The molecule has 1 aliphatic heterocycles. The summed E-state index contributed by atoms with van der Waals surface area (Å²) in [5, 5.41) is 4.20. The fourth-order valence-corrected chi connectivity index (χ4v) is 4.02. The summed E-state index contributed by atoms with van der Waals surface area (Å²) in [4.78, 5) is 6.87. The van der Waals surface area contributed by atoms with Crippen molar-refractivity contribution < 1.29 is 4.74 Å². The van der Waals surface area contributed by atoms with Crippen LogP contribution in [0.4, 0.5) is 10.8 Å². The lowest BCUT2D eigenvalue weighted by atomic mass is 10.2. The molecule has 3 rings (SSSR count). The molecular formula is C13H18N4OS2. The maximum absolute atomic E-state index is 6.06. The highest BCUT2D eigenvalue weighted by Crippen LogP contribution is 2.40.